The molecule has 0 N–H and O–H groups in total. The fraction of sp³-hybridized carbons (Fsp3) is 0.444. The Labute approximate surface area is 148 Å². The van der Waals surface area contributed by atoms with Crippen molar-refractivity contribution in [2.75, 3.05) is 26.2 Å². The normalized spacial score (nSPS) is 17.7. The summed E-state index contributed by atoms with van der Waals surface area (Å²) in [6.07, 6.45) is 6.82. The maximum Gasteiger partial charge on any atom is 0.372 e. The lowest BCUT2D eigenvalue weighted by atomic mass is 10.1. The average Bonchev–Trinajstić information content (AvgIpc) is 3.09. The molecule has 2 aliphatic heterocycles. The third kappa shape index (κ3) is 4.02. The third-order valence-electron chi connectivity index (χ3n) is 4.13. The number of benzene rings is 1. The van der Waals surface area contributed by atoms with Crippen molar-refractivity contribution < 1.29 is 31.1 Å². The molecule has 0 unspecified atom stereocenters. The molecule has 3 rings (SSSR count). The molecule has 1 aromatic rings. The Morgan fingerprint density at radius 1 is 1.35 bits per heavy atom. The highest BCUT2D eigenvalue weighted by atomic mass is 79.9. The van der Waals surface area contributed by atoms with Crippen molar-refractivity contribution in [2.24, 2.45) is 0 Å². The predicted molar refractivity (Wildman–Crippen MR) is 87.4 cm³/mol. The highest BCUT2D eigenvalue weighted by Gasteiger charge is 2.29. The Bertz CT molecular complexity index is 646. The number of likely N-dealkylation sites (tertiary alicyclic amines) is 1. The molecule has 0 aromatic heterocycles. The van der Waals surface area contributed by atoms with Crippen molar-refractivity contribution in [3.05, 3.63) is 35.5 Å². The zero-order valence-electron chi connectivity index (χ0n) is 13.7. The Morgan fingerprint density at radius 3 is 2.78 bits per heavy atom. The highest BCUT2D eigenvalue weighted by Crippen LogP contribution is 2.32. The van der Waals surface area contributed by atoms with Gasteiger partial charge >= 0.3 is 5.97 Å². The van der Waals surface area contributed by atoms with Crippen molar-refractivity contribution in [3.8, 4) is 0 Å². The molecule has 23 heavy (non-hydrogen) atoms. The first-order valence-corrected chi connectivity index (χ1v) is 8.01. The minimum Gasteiger partial charge on any atom is -1.00 e. The van der Waals surface area contributed by atoms with Gasteiger partial charge in [0, 0.05) is 25.4 Å². The molecule has 1 aromatic carbocycles. The van der Waals surface area contributed by atoms with Crippen molar-refractivity contribution in [1.82, 2.24) is 4.90 Å². The van der Waals surface area contributed by atoms with Gasteiger partial charge in [0.25, 0.3) is 0 Å². The number of aryl methyl sites for hydroxylation is 1. The molecule has 5 heteroatoms. The molecule has 2 heterocycles. The van der Waals surface area contributed by atoms with E-state index in [1.807, 2.05) is 11.5 Å². The number of esters is 1. The molecule has 0 bridgehead atoms. The van der Waals surface area contributed by atoms with E-state index in [0.717, 1.165) is 18.8 Å². The smallest absolute Gasteiger partial charge is 0.372 e. The van der Waals surface area contributed by atoms with Crippen LogP contribution in [0.1, 0.15) is 30.9 Å². The molecule has 1 saturated heterocycles. The van der Waals surface area contributed by atoms with Gasteiger partial charge in [-0.05, 0) is 32.8 Å². The Hall–Kier alpha value is -1.62. The van der Waals surface area contributed by atoms with Gasteiger partial charge in [-0.15, -0.1) is 0 Å². The number of nitrogens with zero attached hydrogens (tertiary/aromatic N) is 2. The Morgan fingerprint density at radius 2 is 2.09 bits per heavy atom. The SMILES string of the molecule is CCOC(=O)C[N+]1=C/C(=C\N2CCCC2)c2cc(C)ccc21.[Br-]. The van der Waals surface area contributed by atoms with Crippen LogP contribution in [0.5, 0.6) is 0 Å². The number of rotatable bonds is 4. The lowest BCUT2D eigenvalue weighted by molar-refractivity contribution is -0.422. The second-order valence-corrected chi connectivity index (χ2v) is 5.91. The van der Waals surface area contributed by atoms with Crippen LogP contribution in [0.15, 0.2) is 24.4 Å². The lowest BCUT2D eigenvalue weighted by Crippen LogP contribution is -3.00. The number of carbonyl (C=O) groups excluding carboxylic acids is 1. The average molecular weight is 379 g/mol. The molecule has 0 spiro atoms. The van der Waals surface area contributed by atoms with E-state index in [0.29, 0.717) is 6.61 Å². The van der Waals surface area contributed by atoms with Crippen molar-refractivity contribution in [2.45, 2.75) is 26.7 Å². The maximum absolute atomic E-state index is 11.8. The summed E-state index contributed by atoms with van der Waals surface area (Å²) in [6.45, 7) is 6.86. The van der Waals surface area contributed by atoms with Crippen LogP contribution in [-0.4, -0.2) is 47.9 Å². The van der Waals surface area contributed by atoms with Gasteiger partial charge in [-0.1, -0.05) is 11.6 Å². The van der Waals surface area contributed by atoms with Crippen LogP contribution in [0.2, 0.25) is 0 Å². The first kappa shape index (κ1) is 17.7. The van der Waals surface area contributed by atoms with E-state index in [9.17, 15) is 4.79 Å². The fourth-order valence-electron chi connectivity index (χ4n) is 3.09. The van der Waals surface area contributed by atoms with E-state index in [2.05, 4.69) is 42.4 Å². The summed E-state index contributed by atoms with van der Waals surface area (Å²) in [5.41, 5.74) is 4.71. The number of carbonyl (C=O) groups is 1. The topological polar surface area (TPSA) is 32.6 Å². The number of halogens is 1. The van der Waals surface area contributed by atoms with Crippen molar-refractivity contribution in [1.29, 1.82) is 0 Å². The first-order chi connectivity index (χ1) is 10.7. The number of hydrogen-bond acceptors (Lipinski definition) is 3. The molecule has 124 valence electrons. The van der Waals surface area contributed by atoms with E-state index in [1.54, 1.807) is 0 Å². The quantitative estimate of drug-likeness (QED) is 0.533. The lowest BCUT2D eigenvalue weighted by Gasteiger charge is -2.11. The number of allylic oxidation sites excluding steroid dienone is 1. The van der Waals surface area contributed by atoms with Crippen molar-refractivity contribution >= 4 is 23.4 Å². The van der Waals surface area contributed by atoms with Crippen LogP contribution in [0.25, 0.3) is 5.57 Å². The molecule has 0 saturated carbocycles. The Kier molecular flexibility index (Phi) is 5.99. The van der Waals surface area contributed by atoms with Crippen LogP contribution in [-0.2, 0) is 9.53 Å². The van der Waals surface area contributed by atoms with Crippen LogP contribution in [0, 0.1) is 6.92 Å². The summed E-state index contributed by atoms with van der Waals surface area (Å²) in [5.74, 6) is -0.187. The summed E-state index contributed by atoms with van der Waals surface area (Å²) in [6, 6.07) is 6.37. The van der Waals surface area contributed by atoms with Gasteiger partial charge < -0.3 is 26.6 Å². The van der Waals surface area contributed by atoms with Crippen molar-refractivity contribution in [3.63, 3.8) is 0 Å². The molecule has 1 fully saturated rings. The summed E-state index contributed by atoms with van der Waals surface area (Å²) >= 11 is 0. The van der Waals surface area contributed by atoms with Crippen LogP contribution in [0.3, 0.4) is 0 Å². The first-order valence-electron chi connectivity index (χ1n) is 8.01. The summed E-state index contributed by atoms with van der Waals surface area (Å²) in [7, 11) is 0. The number of ether oxygens (including phenoxy) is 1. The van der Waals surface area contributed by atoms with E-state index in [4.69, 9.17) is 4.74 Å². The molecular formula is C18H23BrN2O2. The number of fused-ring (bicyclic) bond motifs is 1. The molecule has 0 aliphatic carbocycles. The van der Waals surface area contributed by atoms with E-state index >= 15 is 0 Å². The number of hydrogen-bond donors (Lipinski definition) is 0. The van der Waals surface area contributed by atoms with Gasteiger partial charge in [-0.3, -0.25) is 0 Å². The van der Waals surface area contributed by atoms with E-state index < -0.39 is 0 Å². The molecule has 4 nitrogen and oxygen atoms in total. The zero-order chi connectivity index (χ0) is 15.5. The fourth-order valence-corrected chi connectivity index (χ4v) is 3.09. The third-order valence-corrected chi connectivity index (χ3v) is 4.13. The summed E-state index contributed by atoms with van der Waals surface area (Å²) in [4.78, 5) is 14.2. The summed E-state index contributed by atoms with van der Waals surface area (Å²) < 4.78 is 7.08. The minimum absolute atomic E-state index is 0. The van der Waals surface area contributed by atoms with Gasteiger partial charge in [0.2, 0.25) is 12.2 Å². The Balaban J connectivity index is 0.00000192. The molecule has 0 atom stereocenters. The van der Waals surface area contributed by atoms with Crippen LogP contribution in [0.4, 0.5) is 5.69 Å². The molecule has 2 aliphatic rings. The van der Waals surface area contributed by atoms with Crippen LogP contribution >= 0.6 is 0 Å². The standard InChI is InChI=1S/C18H23N2O2.BrH/c1-3-22-18(21)13-20-12-15(11-19-8-4-5-9-19)16-10-14(2)6-7-17(16)20;/h6-7,10-12H,3-5,8-9,13H2,1-2H3;1H/q+1;/p-1. The van der Waals surface area contributed by atoms with Gasteiger partial charge in [0.1, 0.15) is 0 Å². The zero-order valence-corrected chi connectivity index (χ0v) is 15.3. The second kappa shape index (κ2) is 7.77. The monoisotopic (exact) mass is 378 g/mol. The van der Waals surface area contributed by atoms with Gasteiger partial charge in [0.05, 0.1) is 17.7 Å². The predicted octanol–water partition coefficient (Wildman–Crippen LogP) is -0.273. The minimum atomic E-state index is -0.187. The summed E-state index contributed by atoms with van der Waals surface area (Å²) in [5, 5.41) is 0. The van der Waals surface area contributed by atoms with E-state index in [1.165, 1.54) is 29.5 Å². The highest BCUT2D eigenvalue weighted by molar-refractivity contribution is 6.12. The largest absolute Gasteiger partial charge is 1.00 e. The van der Waals surface area contributed by atoms with Gasteiger partial charge in [0.15, 0.2) is 6.21 Å². The van der Waals surface area contributed by atoms with Gasteiger partial charge in [-0.25, -0.2) is 4.79 Å². The van der Waals surface area contributed by atoms with Crippen LogP contribution < -0.4 is 17.0 Å². The molecule has 0 amide bonds. The van der Waals surface area contributed by atoms with Gasteiger partial charge in [-0.2, -0.15) is 4.58 Å². The maximum atomic E-state index is 11.8. The second-order valence-electron chi connectivity index (χ2n) is 5.91. The molecular weight excluding hydrogens is 356 g/mol. The van der Waals surface area contributed by atoms with E-state index in [-0.39, 0.29) is 29.5 Å². The molecule has 0 radical (unpaired) electrons.